The smallest absolute Gasteiger partial charge is 0.311 e. The highest BCUT2D eigenvalue weighted by molar-refractivity contribution is 7.07. The number of nitrogens with zero attached hydrogens (tertiary/aromatic N) is 3. The molecule has 1 aromatic heterocycles. The van der Waals surface area contributed by atoms with E-state index in [0.29, 0.717) is 30.0 Å². The van der Waals surface area contributed by atoms with E-state index < -0.39 is 11.4 Å². The van der Waals surface area contributed by atoms with Gasteiger partial charge in [0.2, 0.25) is 0 Å². The lowest BCUT2D eigenvalue weighted by Gasteiger charge is -2.39. The van der Waals surface area contributed by atoms with Crippen LogP contribution in [0.4, 0.5) is 0 Å². The van der Waals surface area contributed by atoms with Gasteiger partial charge in [-0.25, -0.2) is 0 Å². The van der Waals surface area contributed by atoms with Gasteiger partial charge in [0, 0.05) is 13.1 Å². The maximum Gasteiger partial charge on any atom is 0.311 e. The van der Waals surface area contributed by atoms with Gasteiger partial charge in [0.05, 0.1) is 11.1 Å². The number of amides is 1. The van der Waals surface area contributed by atoms with Crippen molar-refractivity contribution >= 4 is 23.4 Å². The summed E-state index contributed by atoms with van der Waals surface area (Å²) in [5.41, 5.74) is -0.184. The van der Waals surface area contributed by atoms with E-state index in [4.69, 9.17) is 0 Å². The van der Waals surface area contributed by atoms with Gasteiger partial charge >= 0.3 is 5.97 Å². The predicted molar refractivity (Wildman–Crippen MR) is 74.8 cm³/mol. The monoisotopic (exact) mass is 297 g/mol. The molecule has 0 spiro atoms. The Morgan fingerprint density at radius 3 is 2.80 bits per heavy atom. The molecule has 1 saturated heterocycles. The molecule has 1 aliphatic heterocycles. The zero-order chi connectivity index (χ0) is 14.8. The van der Waals surface area contributed by atoms with E-state index in [-0.39, 0.29) is 12.5 Å². The molecule has 1 aromatic rings. The molecule has 1 fully saturated rings. The molecule has 1 N–H and O–H groups in total. The lowest BCUT2D eigenvalue weighted by molar-refractivity contribution is -0.152. The Kier molecular flexibility index (Phi) is 4.37. The lowest BCUT2D eigenvalue weighted by atomic mass is 9.76. The molecule has 0 bridgehead atoms. The molecule has 1 aliphatic rings. The summed E-state index contributed by atoms with van der Waals surface area (Å²) >= 11 is 1.07. The summed E-state index contributed by atoms with van der Waals surface area (Å²) in [5, 5.41) is 13.4. The van der Waals surface area contributed by atoms with Gasteiger partial charge < -0.3 is 10.0 Å². The summed E-state index contributed by atoms with van der Waals surface area (Å²) in [4.78, 5) is 26.3. The fourth-order valence-corrected chi connectivity index (χ4v) is 3.47. The van der Waals surface area contributed by atoms with Gasteiger partial charge in [-0.1, -0.05) is 17.8 Å². The summed E-state index contributed by atoms with van der Waals surface area (Å²) in [6, 6.07) is 0. The quantitative estimate of drug-likeness (QED) is 0.918. The van der Waals surface area contributed by atoms with Gasteiger partial charge in [-0.15, -0.1) is 5.10 Å². The summed E-state index contributed by atoms with van der Waals surface area (Å²) in [5.74, 6) is -0.935. The number of hydrogen-bond acceptors (Lipinski definition) is 5. The standard InChI is InChI=1S/C13H19N3O3S/c1-3-5-13(12(18)19)6-4-7-16(8-13)11(17)10-9(2)14-15-20-10/h3-8H2,1-2H3,(H,18,19). The van der Waals surface area contributed by atoms with Crippen molar-refractivity contribution in [2.75, 3.05) is 13.1 Å². The number of aliphatic carboxylic acids is 1. The van der Waals surface area contributed by atoms with E-state index in [0.717, 1.165) is 24.4 Å². The van der Waals surface area contributed by atoms with Crippen LogP contribution in [-0.2, 0) is 4.79 Å². The maximum atomic E-state index is 12.5. The van der Waals surface area contributed by atoms with E-state index >= 15 is 0 Å². The first-order valence-electron chi connectivity index (χ1n) is 6.82. The summed E-state index contributed by atoms with van der Waals surface area (Å²) in [6.45, 7) is 4.61. The van der Waals surface area contributed by atoms with Crippen LogP contribution >= 0.6 is 11.5 Å². The lowest BCUT2D eigenvalue weighted by Crippen LogP contribution is -2.49. The number of aromatic nitrogens is 2. The minimum Gasteiger partial charge on any atom is -0.481 e. The third kappa shape index (κ3) is 2.67. The van der Waals surface area contributed by atoms with Crippen LogP contribution in [0.3, 0.4) is 0 Å². The minimum atomic E-state index is -0.797. The molecule has 1 atom stereocenters. The van der Waals surface area contributed by atoms with Gasteiger partial charge in [-0.05, 0) is 37.7 Å². The van der Waals surface area contributed by atoms with Crippen LogP contribution in [0, 0.1) is 12.3 Å². The summed E-state index contributed by atoms with van der Waals surface area (Å²) in [7, 11) is 0. The van der Waals surface area contributed by atoms with Crippen LogP contribution < -0.4 is 0 Å². The number of aryl methyl sites for hydroxylation is 1. The van der Waals surface area contributed by atoms with Crippen LogP contribution in [0.1, 0.15) is 48.0 Å². The van der Waals surface area contributed by atoms with Crippen LogP contribution in [-0.4, -0.2) is 44.6 Å². The first-order chi connectivity index (χ1) is 9.50. The Morgan fingerprint density at radius 2 is 2.25 bits per heavy atom. The highest BCUT2D eigenvalue weighted by atomic mass is 32.1. The van der Waals surface area contributed by atoms with E-state index in [1.54, 1.807) is 11.8 Å². The fraction of sp³-hybridized carbons (Fsp3) is 0.692. The number of carboxylic acids is 1. The Morgan fingerprint density at radius 1 is 1.50 bits per heavy atom. The second-order valence-electron chi connectivity index (χ2n) is 5.35. The highest BCUT2D eigenvalue weighted by Crippen LogP contribution is 2.35. The predicted octanol–water partition coefficient (Wildman–Crippen LogP) is 1.95. The number of likely N-dealkylation sites (tertiary alicyclic amines) is 1. The van der Waals surface area contributed by atoms with Gasteiger partial charge in [-0.2, -0.15) is 0 Å². The molecule has 20 heavy (non-hydrogen) atoms. The molecule has 0 aliphatic carbocycles. The minimum absolute atomic E-state index is 0.140. The van der Waals surface area contributed by atoms with Crippen molar-refractivity contribution < 1.29 is 14.7 Å². The average Bonchev–Trinajstić information content (AvgIpc) is 2.84. The Labute approximate surface area is 122 Å². The molecule has 2 rings (SSSR count). The maximum absolute atomic E-state index is 12.5. The van der Waals surface area contributed by atoms with Crippen LogP contribution in [0.5, 0.6) is 0 Å². The highest BCUT2D eigenvalue weighted by Gasteiger charge is 2.43. The summed E-state index contributed by atoms with van der Waals surface area (Å²) in [6.07, 6.45) is 2.77. The number of hydrogen-bond donors (Lipinski definition) is 1. The molecule has 0 radical (unpaired) electrons. The van der Waals surface area contributed by atoms with Crippen molar-refractivity contribution in [3.05, 3.63) is 10.6 Å². The van der Waals surface area contributed by atoms with E-state index in [2.05, 4.69) is 9.59 Å². The number of piperidine rings is 1. The second kappa shape index (κ2) is 5.87. The first kappa shape index (κ1) is 14.9. The van der Waals surface area contributed by atoms with Crippen molar-refractivity contribution in [3.63, 3.8) is 0 Å². The number of carbonyl (C=O) groups is 2. The normalized spacial score (nSPS) is 22.8. The molecule has 110 valence electrons. The molecular formula is C13H19N3O3S. The molecule has 1 amide bonds. The van der Waals surface area contributed by atoms with Gasteiger partial charge in [0.1, 0.15) is 4.88 Å². The Bertz CT molecular complexity index is 513. The topological polar surface area (TPSA) is 83.4 Å². The SMILES string of the molecule is CCCC1(C(=O)O)CCCN(C(=O)c2snnc2C)C1. The third-order valence-electron chi connectivity index (χ3n) is 3.89. The van der Waals surface area contributed by atoms with Crippen molar-refractivity contribution in [1.82, 2.24) is 14.5 Å². The van der Waals surface area contributed by atoms with E-state index in [1.165, 1.54) is 0 Å². The average molecular weight is 297 g/mol. The zero-order valence-electron chi connectivity index (χ0n) is 11.8. The molecule has 1 unspecified atom stereocenters. The van der Waals surface area contributed by atoms with Crippen molar-refractivity contribution in [3.8, 4) is 0 Å². The van der Waals surface area contributed by atoms with Gasteiger partial charge in [0.15, 0.2) is 0 Å². The second-order valence-corrected chi connectivity index (χ2v) is 6.11. The Balaban J connectivity index is 2.20. The Hall–Kier alpha value is -1.50. The number of carboxylic acid groups (broad SMARTS) is 1. The molecule has 0 aromatic carbocycles. The molecule has 0 saturated carbocycles. The van der Waals surface area contributed by atoms with Gasteiger partial charge in [0.25, 0.3) is 5.91 Å². The van der Waals surface area contributed by atoms with Crippen LogP contribution in [0.2, 0.25) is 0 Å². The molecule has 2 heterocycles. The summed E-state index contributed by atoms with van der Waals surface area (Å²) < 4.78 is 3.77. The van der Waals surface area contributed by atoms with Gasteiger partial charge in [-0.3, -0.25) is 9.59 Å². The van der Waals surface area contributed by atoms with Crippen molar-refractivity contribution in [2.24, 2.45) is 5.41 Å². The van der Waals surface area contributed by atoms with Crippen LogP contribution in [0.15, 0.2) is 0 Å². The number of carbonyl (C=O) groups excluding carboxylic acids is 1. The molecule has 7 heteroatoms. The van der Waals surface area contributed by atoms with E-state index in [9.17, 15) is 14.7 Å². The molecule has 6 nitrogen and oxygen atoms in total. The largest absolute Gasteiger partial charge is 0.481 e. The molecular weight excluding hydrogens is 278 g/mol. The zero-order valence-corrected chi connectivity index (χ0v) is 12.6. The van der Waals surface area contributed by atoms with Crippen LogP contribution in [0.25, 0.3) is 0 Å². The van der Waals surface area contributed by atoms with Crippen molar-refractivity contribution in [1.29, 1.82) is 0 Å². The third-order valence-corrected chi connectivity index (χ3v) is 4.71. The van der Waals surface area contributed by atoms with E-state index in [1.807, 2.05) is 6.92 Å². The van der Waals surface area contributed by atoms with Crippen molar-refractivity contribution in [2.45, 2.75) is 39.5 Å². The number of rotatable bonds is 4. The fourth-order valence-electron chi connectivity index (χ4n) is 2.84. The first-order valence-corrected chi connectivity index (χ1v) is 7.59.